The first-order valence-corrected chi connectivity index (χ1v) is 35.1. The maximum Gasteiger partial charge on any atom is 0.248 e. The van der Waals surface area contributed by atoms with Crippen LogP contribution in [-0.2, 0) is 64.0 Å². The van der Waals surface area contributed by atoms with Crippen LogP contribution in [0.5, 0.6) is 0 Å². The van der Waals surface area contributed by atoms with Gasteiger partial charge in [0.05, 0.1) is 26.1 Å². The number of hydrogen-bond acceptors (Lipinski definition) is 12. The Balaban J connectivity index is 1.25. The Morgan fingerprint density at radius 2 is 1.23 bits per heavy atom. The zero-order chi connectivity index (χ0) is 68.7. The quantitative estimate of drug-likeness (QED) is 0.311. The summed E-state index contributed by atoms with van der Waals surface area (Å²) in [5.74, 6) is -7.56. The van der Waals surface area contributed by atoms with E-state index < -0.39 is 151 Å². The van der Waals surface area contributed by atoms with Gasteiger partial charge in [0.2, 0.25) is 70.9 Å². The minimum atomic E-state index is -1.48. The van der Waals surface area contributed by atoms with Gasteiger partial charge >= 0.3 is 0 Å². The zero-order valence-corrected chi connectivity index (χ0v) is 58.4. The van der Waals surface area contributed by atoms with Crippen molar-refractivity contribution in [3.8, 4) is 0 Å². The summed E-state index contributed by atoms with van der Waals surface area (Å²) in [4.78, 5) is 189. The molecule has 0 radical (unpaired) electrons. The number of carbonyl (C=O) groups is 12. The molecular formula is C69H107ClN12O12. The lowest BCUT2D eigenvalue weighted by molar-refractivity contribution is -0.157. The molecule has 3 saturated heterocycles. The topological polar surface area (TPSA) is 270 Å². The van der Waals surface area contributed by atoms with E-state index in [4.69, 9.17) is 11.6 Å². The van der Waals surface area contributed by atoms with Crippen molar-refractivity contribution in [2.24, 2.45) is 17.8 Å². The lowest BCUT2D eigenvalue weighted by Crippen LogP contribution is -2.65. The number of likely N-dealkylation sites (N-methyl/N-ethyl adjacent to an activating group) is 7. The van der Waals surface area contributed by atoms with Gasteiger partial charge in [-0.05, 0) is 119 Å². The second-order valence-corrected chi connectivity index (χ2v) is 28.5. The lowest BCUT2D eigenvalue weighted by Gasteiger charge is -2.43. The number of rotatable bonds is 9. The Kier molecular flexibility index (Phi) is 27.1. The minimum Gasteiger partial charge on any atom is -0.343 e. The van der Waals surface area contributed by atoms with Gasteiger partial charge in [0.25, 0.3) is 0 Å². The number of nitrogens with one attached hydrogen (secondary N) is 3. The van der Waals surface area contributed by atoms with E-state index in [1.807, 2.05) is 13.0 Å². The van der Waals surface area contributed by atoms with Gasteiger partial charge in [-0.2, -0.15) is 0 Å². The molecule has 25 heteroatoms. The number of hydrogen-bond donors (Lipinski definition) is 3. The molecule has 12 amide bonds. The Morgan fingerprint density at radius 1 is 0.617 bits per heavy atom. The molecule has 0 aromatic heterocycles. The number of halogens is 1. The van der Waals surface area contributed by atoms with E-state index in [1.54, 1.807) is 37.1 Å². The van der Waals surface area contributed by atoms with Gasteiger partial charge in [-0.1, -0.05) is 108 Å². The van der Waals surface area contributed by atoms with E-state index in [-0.39, 0.29) is 44.1 Å². The standard InChI is InChI=1S/C69H107ClN12O12/c1-11-45(2)59-66(92)76(6)43-57(85)74(4)44-58(86)78(8)53(40-47-25-15-12-16-26-47)64(90)75(5)42-55(83)71-51(33-32-48-27-23-30-50(70)39-48)63(89)82-38-24-31-52(82)62(88)73-69(34-19-20-35-69)68(94)80(10)60(49-28-17-13-18-29-49)67(93)79(9)54(65(91)81-36-21-14-22-37-81)41-56(84)77(7)46(3)61(87)72-59/h23,27,30,39,45-47,49,51-54,59-60H,11-22,24-26,28-29,31-38,40-44H2,1-10H3,(H,71,83)(H,72,87)(H,73,88)/t45-,46-,51-,52?,53-,54-,59-,60-/m0/s1. The molecule has 3 saturated carbocycles. The number of carbonyl (C=O) groups excluding carboxylic acids is 12. The number of benzene rings is 1. The largest absolute Gasteiger partial charge is 0.343 e. The highest BCUT2D eigenvalue weighted by molar-refractivity contribution is 6.30. The second-order valence-electron chi connectivity index (χ2n) is 28.0. The third-order valence-electron chi connectivity index (χ3n) is 21.4. The van der Waals surface area contributed by atoms with Gasteiger partial charge in [-0.25, -0.2) is 0 Å². The van der Waals surface area contributed by atoms with Crippen molar-refractivity contribution in [3.63, 3.8) is 0 Å². The molecule has 3 aliphatic carbocycles. The van der Waals surface area contributed by atoms with Crippen molar-refractivity contribution in [2.75, 3.05) is 88.6 Å². The van der Waals surface area contributed by atoms with E-state index in [9.17, 15) is 38.4 Å². The molecule has 6 fully saturated rings. The number of nitrogens with zero attached hydrogens (tertiary/aromatic N) is 9. The average Bonchev–Trinajstić information content (AvgIpc) is 1.39. The van der Waals surface area contributed by atoms with Crippen molar-refractivity contribution in [1.82, 2.24) is 60.0 Å². The molecule has 94 heavy (non-hydrogen) atoms. The van der Waals surface area contributed by atoms with Crippen LogP contribution in [0.25, 0.3) is 0 Å². The van der Waals surface area contributed by atoms with Gasteiger partial charge in [-0.3, -0.25) is 57.5 Å². The molecule has 522 valence electrons. The van der Waals surface area contributed by atoms with Gasteiger partial charge in [-0.15, -0.1) is 0 Å². The molecule has 8 atom stereocenters. The number of likely N-dealkylation sites (tertiary alicyclic amines) is 1. The van der Waals surface area contributed by atoms with Gasteiger partial charge in [0.1, 0.15) is 47.8 Å². The molecule has 1 aromatic carbocycles. The summed E-state index contributed by atoms with van der Waals surface area (Å²) in [5.41, 5.74) is -0.683. The summed E-state index contributed by atoms with van der Waals surface area (Å²) >= 11 is 6.40. The van der Waals surface area contributed by atoms with Gasteiger partial charge in [0.15, 0.2) is 0 Å². The highest BCUT2D eigenvalue weighted by Crippen LogP contribution is 2.37. The highest BCUT2D eigenvalue weighted by atomic mass is 35.5. The van der Waals surface area contributed by atoms with Gasteiger partial charge < -0.3 is 60.0 Å². The van der Waals surface area contributed by atoms with Crippen molar-refractivity contribution >= 4 is 82.5 Å². The average molecular weight is 1330 g/mol. The number of amides is 12. The fourth-order valence-corrected chi connectivity index (χ4v) is 15.2. The van der Waals surface area contributed by atoms with Crippen molar-refractivity contribution in [3.05, 3.63) is 34.9 Å². The van der Waals surface area contributed by atoms with Crippen LogP contribution in [0.4, 0.5) is 0 Å². The highest BCUT2D eigenvalue weighted by Gasteiger charge is 2.51. The van der Waals surface area contributed by atoms with E-state index in [0.29, 0.717) is 69.5 Å². The van der Waals surface area contributed by atoms with E-state index >= 15 is 19.2 Å². The smallest absolute Gasteiger partial charge is 0.248 e. The van der Waals surface area contributed by atoms with Crippen LogP contribution in [-0.4, -0.2) is 251 Å². The molecule has 0 bridgehead atoms. The third-order valence-corrected chi connectivity index (χ3v) is 21.6. The Morgan fingerprint density at radius 3 is 1.87 bits per heavy atom. The maximum atomic E-state index is 15.7. The Hall–Kier alpha value is -6.85. The SMILES string of the molecule is CC[C@H](C)[C@@H]1NC(=O)[C@H](C)N(C)C(=O)C[C@@H](C(=O)N2CCCCC2)N(C)C(=O)[C@H](C2CCCCC2)N(C)C(=O)C2(CCCC2)NC(=O)C2CCCN2C(=O)[C@H](CCc2cccc(Cl)c2)NC(=O)CN(C)C(=O)[C@H](CC2CCCCC2)N(C)C(=O)CN(C)C(=O)CN(C)C1=O. The summed E-state index contributed by atoms with van der Waals surface area (Å²) in [6.45, 7) is 4.66. The summed E-state index contributed by atoms with van der Waals surface area (Å²) in [5, 5.41) is 9.37. The monoisotopic (exact) mass is 1330 g/mol. The van der Waals surface area contributed by atoms with E-state index in [0.717, 1.165) is 81.1 Å². The lowest BCUT2D eigenvalue weighted by atomic mass is 9.81. The summed E-state index contributed by atoms with van der Waals surface area (Å²) < 4.78 is 0. The van der Waals surface area contributed by atoms with Crippen LogP contribution >= 0.6 is 11.6 Å². The molecule has 1 unspecified atom stereocenters. The number of piperidine rings is 1. The molecular weight excluding hydrogens is 1220 g/mol. The molecule has 3 heterocycles. The van der Waals surface area contributed by atoms with E-state index in [1.165, 1.54) is 83.5 Å². The second kappa shape index (κ2) is 34.2. The van der Waals surface area contributed by atoms with Crippen LogP contribution in [0.1, 0.15) is 174 Å². The molecule has 3 aliphatic heterocycles. The molecule has 3 N–H and O–H groups in total. The fourth-order valence-electron chi connectivity index (χ4n) is 15.0. The first kappa shape index (κ1) is 74.5. The molecule has 1 aromatic rings. The summed E-state index contributed by atoms with van der Waals surface area (Å²) in [6, 6.07) is -0.949. The summed E-state index contributed by atoms with van der Waals surface area (Å²) in [6.07, 6.45) is 13.6. The first-order chi connectivity index (χ1) is 44.7. The van der Waals surface area contributed by atoms with Crippen molar-refractivity contribution < 1.29 is 57.5 Å². The van der Waals surface area contributed by atoms with Crippen LogP contribution in [0.3, 0.4) is 0 Å². The number of fused-ring (bicyclic) bond motifs is 1. The van der Waals surface area contributed by atoms with Crippen LogP contribution in [0, 0.1) is 17.8 Å². The van der Waals surface area contributed by atoms with Crippen molar-refractivity contribution in [2.45, 2.75) is 223 Å². The predicted octanol–water partition coefficient (Wildman–Crippen LogP) is 4.38. The Bertz CT molecular complexity index is 2890. The zero-order valence-electron chi connectivity index (χ0n) is 57.6. The van der Waals surface area contributed by atoms with Crippen molar-refractivity contribution in [1.29, 1.82) is 0 Å². The maximum absolute atomic E-state index is 15.7. The minimum absolute atomic E-state index is 0.0894. The number of aryl methyl sites for hydroxylation is 1. The summed E-state index contributed by atoms with van der Waals surface area (Å²) in [7, 11) is 10.2. The van der Waals surface area contributed by atoms with Gasteiger partial charge in [0, 0.05) is 74.0 Å². The molecule has 24 nitrogen and oxygen atoms in total. The first-order valence-electron chi connectivity index (χ1n) is 34.7. The third kappa shape index (κ3) is 18.6. The molecule has 6 aliphatic rings. The Labute approximate surface area is 561 Å². The van der Waals surface area contributed by atoms with Crippen LogP contribution in [0.15, 0.2) is 24.3 Å². The fraction of sp³-hybridized carbons (Fsp3) is 0.739. The molecule has 7 rings (SSSR count). The predicted molar refractivity (Wildman–Crippen MR) is 355 cm³/mol. The molecule has 1 spiro atoms. The van der Waals surface area contributed by atoms with E-state index in [2.05, 4.69) is 16.0 Å². The normalized spacial score (nSPS) is 27.6. The van der Waals surface area contributed by atoms with Crippen LogP contribution < -0.4 is 16.0 Å². The van der Waals surface area contributed by atoms with Crippen LogP contribution in [0.2, 0.25) is 5.02 Å².